The Morgan fingerprint density at radius 3 is 2.65 bits per heavy atom. The van der Waals surface area contributed by atoms with Crippen molar-refractivity contribution in [1.29, 1.82) is 0 Å². The minimum atomic E-state index is -0.157. The second-order valence-corrected chi connectivity index (χ2v) is 5.62. The smallest absolute Gasteiger partial charge is 0.126 e. The number of hydrogen-bond donors (Lipinski definition) is 1. The molecule has 0 fully saturated rings. The van der Waals surface area contributed by atoms with Crippen molar-refractivity contribution in [3.05, 3.63) is 29.1 Å². The Hall–Kier alpha value is -0.540. The normalized spacial score (nSPS) is 12.8. The van der Waals surface area contributed by atoms with E-state index >= 15 is 0 Å². The van der Waals surface area contributed by atoms with Crippen LogP contribution in [0, 0.1) is 12.7 Å². The van der Waals surface area contributed by atoms with Gasteiger partial charge in [-0.25, -0.2) is 4.39 Å². The highest BCUT2D eigenvalue weighted by molar-refractivity contribution is 7.99. The Morgan fingerprint density at radius 1 is 1.35 bits per heavy atom. The number of nitrogens with two attached hydrogens (primary N) is 1. The number of rotatable bonds is 6. The van der Waals surface area contributed by atoms with Gasteiger partial charge in [0.05, 0.1) is 0 Å². The van der Waals surface area contributed by atoms with Crippen molar-refractivity contribution in [2.24, 2.45) is 5.73 Å². The van der Waals surface area contributed by atoms with Crippen molar-refractivity contribution in [2.45, 2.75) is 51.0 Å². The Bertz CT molecular complexity index is 363. The third-order valence-corrected chi connectivity index (χ3v) is 3.94. The molecule has 17 heavy (non-hydrogen) atoms. The molecule has 1 atom stereocenters. The van der Waals surface area contributed by atoms with Gasteiger partial charge in [0.2, 0.25) is 0 Å². The molecular weight excluding hydrogens is 233 g/mol. The zero-order chi connectivity index (χ0) is 12.8. The van der Waals surface area contributed by atoms with Gasteiger partial charge in [-0.1, -0.05) is 19.8 Å². The molecule has 0 spiro atoms. The van der Waals surface area contributed by atoms with Crippen LogP contribution >= 0.6 is 11.8 Å². The van der Waals surface area contributed by atoms with Gasteiger partial charge in [-0.3, -0.25) is 0 Å². The summed E-state index contributed by atoms with van der Waals surface area (Å²) in [6, 6.07) is 3.39. The lowest BCUT2D eigenvalue weighted by atomic mass is 10.1. The molecule has 1 nitrogen and oxygen atoms in total. The first kappa shape index (κ1) is 14.5. The quantitative estimate of drug-likeness (QED) is 0.601. The van der Waals surface area contributed by atoms with Gasteiger partial charge in [0, 0.05) is 10.9 Å². The number of unbranched alkanes of at least 4 members (excludes halogenated alkanes) is 2. The van der Waals surface area contributed by atoms with E-state index < -0.39 is 0 Å². The molecule has 96 valence electrons. The van der Waals surface area contributed by atoms with E-state index in [0.717, 1.165) is 16.2 Å². The summed E-state index contributed by atoms with van der Waals surface area (Å²) in [4.78, 5) is 1.13. The van der Waals surface area contributed by atoms with E-state index in [1.807, 2.05) is 13.0 Å². The maximum Gasteiger partial charge on any atom is 0.126 e. The maximum absolute atomic E-state index is 13.5. The lowest BCUT2D eigenvalue weighted by molar-refractivity contribution is 0.610. The Kier molecular flexibility index (Phi) is 6.00. The first-order chi connectivity index (χ1) is 8.06. The summed E-state index contributed by atoms with van der Waals surface area (Å²) in [6.45, 7) is 5.90. The maximum atomic E-state index is 13.5. The molecule has 0 aliphatic rings. The molecule has 0 amide bonds. The van der Waals surface area contributed by atoms with Crippen molar-refractivity contribution in [3.8, 4) is 0 Å². The fourth-order valence-electron chi connectivity index (χ4n) is 1.69. The second kappa shape index (κ2) is 7.02. The van der Waals surface area contributed by atoms with E-state index in [-0.39, 0.29) is 11.9 Å². The molecule has 1 aromatic carbocycles. The van der Waals surface area contributed by atoms with Crippen LogP contribution in [0.25, 0.3) is 0 Å². The molecule has 0 aromatic heterocycles. The highest BCUT2D eigenvalue weighted by Gasteiger charge is 2.11. The summed E-state index contributed by atoms with van der Waals surface area (Å²) in [5.74, 6) is 0.925. The van der Waals surface area contributed by atoms with Gasteiger partial charge >= 0.3 is 0 Å². The molecule has 0 saturated heterocycles. The Morgan fingerprint density at radius 2 is 2.06 bits per heavy atom. The van der Waals surface area contributed by atoms with E-state index in [9.17, 15) is 4.39 Å². The predicted octanol–water partition coefficient (Wildman–Crippen LogP) is 4.44. The Labute approximate surface area is 108 Å². The molecule has 0 heterocycles. The Balaban J connectivity index is 2.78. The van der Waals surface area contributed by atoms with E-state index in [0.29, 0.717) is 5.56 Å². The van der Waals surface area contributed by atoms with Crippen LogP contribution in [-0.2, 0) is 0 Å². The average molecular weight is 255 g/mol. The molecule has 1 rings (SSSR count). The summed E-state index contributed by atoms with van der Waals surface area (Å²) in [5.41, 5.74) is 7.51. The zero-order valence-corrected chi connectivity index (χ0v) is 11.7. The molecule has 1 aromatic rings. The van der Waals surface area contributed by atoms with Crippen molar-refractivity contribution >= 4 is 11.8 Å². The van der Waals surface area contributed by atoms with E-state index in [2.05, 4.69) is 6.92 Å². The topological polar surface area (TPSA) is 26.0 Å². The molecule has 3 heteroatoms. The van der Waals surface area contributed by atoms with Crippen molar-refractivity contribution in [1.82, 2.24) is 0 Å². The SMILES string of the molecule is CCCCCSc1cc(C)c(F)cc1C(C)N. The summed E-state index contributed by atoms with van der Waals surface area (Å²) < 4.78 is 13.5. The molecule has 0 aliphatic heterocycles. The summed E-state index contributed by atoms with van der Waals surface area (Å²) in [6.07, 6.45) is 3.68. The molecule has 0 aliphatic carbocycles. The summed E-state index contributed by atoms with van der Waals surface area (Å²) in [7, 11) is 0. The number of thioether (sulfide) groups is 1. The van der Waals surface area contributed by atoms with Crippen LogP contribution in [0.1, 0.15) is 50.3 Å². The van der Waals surface area contributed by atoms with Gasteiger partial charge in [0.25, 0.3) is 0 Å². The second-order valence-electron chi connectivity index (χ2n) is 4.48. The van der Waals surface area contributed by atoms with Crippen molar-refractivity contribution in [2.75, 3.05) is 5.75 Å². The lowest BCUT2D eigenvalue weighted by Gasteiger charge is -2.14. The fraction of sp³-hybridized carbons (Fsp3) is 0.571. The minimum Gasteiger partial charge on any atom is -0.324 e. The first-order valence-electron chi connectivity index (χ1n) is 6.24. The van der Waals surface area contributed by atoms with Crippen LogP contribution in [0.3, 0.4) is 0 Å². The number of benzene rings is 1. The zero-order valence-electron chi connectivity index (χ0n) is 10.9. The number of halogens is 1. The molecule has 2 N–H and O–H groups in total. The van der Waals surface area contributed by atoms with E-state index in [1.54, 1.807) is 24.8 Å². The van der Waals surface area contributed by atoms with Crippen molar-refractivity contribution in [3.63, 3.8) is 0 Å². The van der Waals surface area contributed by atoms with Gasteiger partial charge < -0.3 is 5.73 Å². The molecular formula is C14H22FNS. The van der Waals surface area contributed by atoms with Crippen LogP contribution in [0.5, 0.6) is 0 Å². The number of aryl methyl sites for hydroxylation is 1. The summed E-state index contributed by atoms with van der Waals surface area (Å²) >= 11 is 1.79. The third-order valence-electron chi connectivity index (χ3n) is 2.79. The number of hydrogen-bond acceptors (Lipinski definition) is 2. The van der Waals surface area contributed by atoms with Crippen LogP contribution in [0.2, 0.25) is 0 Å². The van der Waals surface area contributed by atoms with E-state index in [1.165, 1.54) is 19.3 Å². The van der Waals surface area contributed by atoms with Gasteiger partial charge in [-0.05, 0) is 49.3 Å². The highest BCUT2D eigenvalue weighted by Crippen LogP contribution is 2.29. The lowest BCUT2D eigenvalue weighted by Crippen LogP contribution is -2.07. The molecule has 1 unspecified atom stereocenters. The first-order valence-corrected chi connectivity index (χ1v) is 7.23. The van der Waals surface area contributed by atoms with Gasteiger partial charge in [-0.2, -0.15) is 0 Å². The van der Waals surface area contributed by atoms with Crippen LogP contribution < -0.4 is 5.73 Å². The molecule has 0 radical (unpaired) electrons. The van der Waals surface area contributed by atoms with Crippen LogP contribution in [0.15, 0.2) is 17.0 Å². The standard InChI is InChI=1S/C14H22FNS/c1-4-5-6-7-17-14-8-10(2)13(15)9-12(14)11(3)16/h8-9,11H,4-7,16H2,1-3H3. The van der Waals surface area contributed by atoms with E-state index in [4.69, 9.17) is 5.73 Å². The third kappa shape index (κ3) is 4.32. The molecule has 0 saturated carbocycles. The van der Waals surface area contributed by atoms with Gasteiger partial charge in [-0.15, -0.1) is 11.8 Å². The van der Waals surface area contributed by atoms with Gasteiger partial charge in [0.15, 0.2) is 0 Å². The van der Waals surface area contributed by atoms with Crippen molar-refractivity contribution < 1.29 is 4.39 Å². The largest absolute Gasteiger partial charge is 0.324 e. The highest BCUT2D eigenvalue weighted by atomic mass is 32.2. The summed E-state index contributed by atoms with van der Waals surface area (Å²) in [5, 5.41) is 0. The van der Waals surface area contributed by atoms with Crippen LogP contribution in [-0.4, -0.2) is 5.75 Å². The van der Waals surface area contributed by atoms with Gasteiger partial charge in [0.1, 0.15) is 5.82 Å². The molecule has 0 bridgehead atoms. The monoisotopic (exact) mass is 255 g/mol. The predicted molar refractivity (Wildman–Crippen MR) is 74.0 cm³/mol. The fourth-order valence-corrected chi connectivity index (χ4v) is 2.93. The minimum absolute atomic E-state index is 0.112. The average Bonchev–Trinajstić information content (AvgIpc) is 2.28. The van der Waals surface area contributed by atoms with Crippen LogP contribution in [0.4, 0.5) is 4.39 Å².